The number of amides is 1. The molecule has 1 unspecified atom stereocenters. The van der Waals surface area contributed by atoms with E-state index in [9.17, 15) is 26.7 Å². The van der Waals surface area contributed by atoms with E-state index in [1.165, 1.54) is 29.1 Å². The van der Waals surface area contributed by atoms with Crippen molar-refractivity contribution in [1.82, 2.24) is 25.1 Å². The molecule has 1 N–H and O–H groups in total. The third-order valence-corrected chi connectivity index (χ3v) is 5.58. The molecule has 0 aliphatic heterocycles. The van der Waals surface area contributed by atoms with E-state index in [1.54, 1.807) is 6.92 Å². The Labute approximate surface area is 204 Å². The van der Waals surface area contributed by atoms with Gasteiger partial charge in [0, 0.05) is 5.56 Å². The molecule has 13 heteroatoms. The van der Waals surface area contributed by atoms with Gasteiger partial charge < -0.3 is 10.1 Å². The van der Waals surface area contributed by atoms with Gasteiger partial charge in [-0.2, -0.15) is 17.9 Å². The first-order valence-electron chi connectivity index (χ1n) is 10.5. The van der Waals surface area contributed by atoms with Gasteiger partial charge in [0.05, 0.1) is 17.8 Å². The lowest BCUT2D eigenvalue weighted by atomic mass is 10.0. The Balaban J connectivity index is 1.55. The molecule has 0 bridgehead atoms. The first kappa shape index (κ1) is 25.0. The second kappa shape index (κ2) is 9.88. The summed E-state index contributed by atoms with van der Waals surface area (Å²) in [6, 6.07) is 5.52. The number of nitrogens with one attached hydrogen (secondary N) is 1. The lowest BCUT2D eigenvalue weighted by Gasteiger charge is -2.16. The number of pyridine rings is 1. The van der Waals surface area contributed by atoms with Crippen molar-refractivity contribution in [3.8, 4) is 11.6 Å². The smallest absolute Gasteiger partial charge is 0.416 e. The maximum absolute atomic E-state index is 13.4. The summed E-state index contributed by atoms with van der Waals surface area (Å²) in [5.41, 5.74) is -0.483. The van der Waals surface area contributed by atoms with Gasteiger partial charge in [-0.25, -0.2) is 18.7 Å². The Bertz CT molecular complexity index is 1210. The lowest BCUT2D eigenvalue weighted by Crippen LogP contribution is -2.29. The van der Waals surface area contributed by atoms with Gasteiger partial charge in [-0.15, -0.1) is 5.10 Å². The van der Waals surface area contributed by atoms with Crippen LogP contribution in [0.3, 0.4) is 0 Å². The molecule has 3 aromatic rings. The van der Waals surface area contributed by atoms with Gasteiger partial charge in [0.15, 0.2) is 11.6 Å². The fourth-order valence-electron chi connectivity index (χ4n) is 3.43. The summed E-state index contributed by atoms with van der Waals surface area (Å²) in [5, 5.41) is 6.84. The fraction of sp³-hybridized carbons (Fsp3) is 0.364. The van der Waals surface area contributed by atoms with Gasteiger partial charge in [-0.3, -0.25) is 4.79 Å². The molecular formula is C22H19BrF5N5O2. The normalized spacial score (nSPS) is 14.7. The third kappa shape index (κ3) is 6.13. The van der Waals surface area contributed by atoms with E-state index in [4.69, 9.17) is 4.74 Å². The summed E-state index contributed by atoms with van der Waals surface area (Å²) in [6.07, 6.45) is -4.39. The number of alkyl halides is 5. The Morgan fingerprint density at radius 1 is 1.26 bits per heavy atom. The Kier molecular flexibility index (Phi) is 7.06. The average Bonchev–Trinajstić information content (AvgIpc) is 3.58. The van der Waals surface area contributed by atoms with Crippen molar-refractivity contribution in [3.63, 3.8) is 0 Å². The van der Waals surface area contributed by atoms with Crippen LogP contribution in [-0.2, 0) is 6.18 Å². The number of ether oxygens (including phenoxy) is 1. The Morgan fingerprint density at radius 2 is 2.00 bits per heavy atom. The van der Waals surface area contributed by atoms with Gasteiger partial charge in [-0.1, -0.05) is 0 Å². The topological polar surface area (TPSA) is 81.9 Å². The van der Waals surface area contributed by atoms with E-state index in [-0.39, 0.29) is 33.6 Å². The van der Waals surface area contributed by atoms with E-state index in [0.717, 1.165) is 25.0 Å². The molecule has 1 aromatic carbocycles. The highest BCUT2D eigenvalue weighted by Crippen LogP contribution is 2.42. The van der Waals surface area contributed by atoms with Gasteiger partial charge in [0.1, 0.15) is 12.4 Å². The van der Waals surface area contributed by atoms with Crippen LogP contribution in [0.4, 0.5) is 22.0 Å². The molecule has 1 atom stereocenters. The number of aromatic nitrogens is 4. The number of nitrogens with zero attached hydrogens (tertiary/aromatic N) is 4. The first-order valence-corrected chi connectivity index (χ1v) is 11.3. The summed E-state index contributed by atoms with van der Waals surface area (Å²) < 4.78 is 71.1. The minimum Gasteiger partial charge on any atom is -0.486 e. The summed E-state index contributed by atoms with van der Waals surface area (Å²) in [4.78, 5) is 21.2. The predicted octanol–water partition coefficient (Wildman–Crippen LogP) is 5.46. The standard InChI is InChI=1S/C22H19BrF5N5O2/c1-11(30-20(34)14-6-13(12-2-3-12)7-15(8-14)22(26,27)28)19-31-21(23)32-33(19)18-5-4-16(9-29-18)35-10-17(24)25/h4-9,11-12,17H,2-3,10H2,1H3,(H,30,34). The van der Waals surface area contributed by atoms with Crippen molar-refractivity contribution in [2.24, 2.45) is 0 Å². The summed E-state index contributed by atoms with van der Waals surface area (Å²) in [7, 11) is 0. The molecule has 35 heavy (non-hydrogen) atoms. The van der Waals surface area contributed by atoms with E-state index in [2.05, 4.69) is 36.3 Å². The third-order valence-electron chi connectivity index (χ3n) is 5.25. The molecule has 1 fully saturated rings. The predicted molar refractivity (Wildman–Crippen MR) is 118 cm³/mol. The van der Waals surface area contributed by atoms with Crippen LogP contribution in [0.1, 0.15) is 59.0 Å². The van der Waals surface area contributed by atoms with Crippen LogP contribution >= 0.6 is 15.9 Å². The molecule has 0 radical (unpaired) electrons. The first-order chi connectivity index (χ1) is 16.5. The van der Waals surface area contributed by atoms with Crippen molar-refractivity contribution in [2.45, 2.75) is 44.3 Å². The van der Waals surface area contributed by atoms with Crippen LogP contribution in [0, 0.1) is 0 Å². The average molecular weight is 560 g/mol. The lowest BCUT2D eigenvalue weighted by molar-refractivity contribution is -0.137. The van der Waals surface area contributed by atoms with Gasteiger partial charge in [0.25, 0.3) is 12.3 Å². The number of carbonyl (C=O) groups excluding carboxylic acids is 1. The molecular weight excluding hydrogens is 541 g/mol. The second-order valence-corrected chi connectivity index (χ2v) is 8.73. The van der Waals surface area contributed by atoms with Gasteiger partial charge in [-0.05, 0) is 77.5 Å². The minimum atomic E-state index is -4.58. The van der Waals surface area contributed by atoms with Crippen LogP contribution in [-0.4, -0.2) is 38.7 Å². The summed E-state index contributed by atoms with van der Waals surface area (Å²) in [5.74, 6) is -0.0294. The number of benzene rings is 1. The molecule has 1 aliphatic carbocycles. The van der Waals surface area contributed by atoms with E-state index in [1.807, 2.05) is 0 Å². The van der Waals surface area contributed by atoms with E-state index in [0.29, 0.717) is 5.56 Å². The largest absolute Gasteiger partial charge is 0.486 e. The van der Waals surface area contributed by atoms with Crippen LogP contribution < -0.4 is 10.1 Å². The molecule has 2 heterocycles. The minimum absolute atomic E-state index is 0.0269. The number of carbonyl (C=O) groups is 1. The van der Waals surface area contributed by atoms with E-state index < -0.39 is 36.7 Å². The van der Waals surface area contributed by atoms with Gasteiger partial charge >= 0.3 is 6.18 Å². The SMILES string of the molecule is CC(NC(=O)c1cc(C2CC2)cc(C(F)(F)F)c1)c1nc(Br)nn1-c1ccc(OCC(F)F)cn1. The second-order valence-electron chi connectivity index (χ2n) is 8.02. The highest BCUT2D eigenvalue weighted by molar-refractivity contribution is 9.10. The summed E-state index contributed by atoms with van der Waals surface area (Å²) >= 11 is 3.16. The molecule has 186 valence electrons. The fourth-order valence-corrected chi connectivity index (χ4v) is 3.77. The molecule has 0 spiro atoms. The maximum Gasteiger partial charge on any atom is 0.416 e. The molecule has 7 nitrogen and oxygen atoms in total. The zero-order valence-electron chi connectivity index (χ0n) is 18.2. The quantitative estimate of drug-likeness (QED) is 0.371. The molecule has 0 saturated heterocycles. The van der Waals surface area contributed by atoms with Crippen LogP contribution in [0.15, 0.2) is 41.3 Å². The van der Waals surface area contributed by atoms with Crippen molar-refractivity contribution in [1.29, 1.82) is 0 Å². The molecule has 1 aliphatic rings. The van der Waals surface area contributed by atoms with Crippen molar-refractivity contribution in [2.75, 3.05) is 6.61 Å². The van der Waals surface area contributed by atoms with E-state index >= 15 is 0 Å². The van der Waals surface area contributed by atoms with Crippen molar-refractivity contribution >= 4 is 21.8 Å². The van der Waals surface area contributed by atoms with Crippen molar-refractivity contribution < 1.29 is 31.5 Å². The molecule has 4 rings (SSSR count). The zero-order chi connectivity index (χ0) is 25.3. The monoisotopic (exact) mass is 559 g/mol. The molecule has 2 aromatic heterocycles. The number of halogens is 6. The maximum atomic E-state index is 13.4. The van der Waals surface area contributed by atoms with Crippen LogP contribution in [0.25, 0.3) is 5.82 Å². The summed E-state index contributed by atoms with van der Waals surface area (Å²) in [6.45, 7) is 0.822. The molecule has 1 amide bonds. The van der Waals surface area contributed by atoms with Crippen LogP contribution in [0.2, 0.25) is 0 Å². The zero-order valence-corrected chi connectivity index (χ0v) is 19.8. The van der Waals surface area contributed by atoms with Gasteiger partial charge in [0.2, 0.25) is 4.73 Å². The Hall–Kier alpha value is -3.09. The molecule has 1 saturated carbocycles. The number of rotatable bonds is 8. The highest BCUT2D eigenvalue weighted by Gasteiger charge is 2.34. The number of hydrogen-bond donors (Lipinski definition) is 1. The van der Waals surface area contributed by atoms with Crippen molar-refractivity contribution in [3.05, 3.63) is 63.8 Å². The van der Waals surface area contributed by atoms with Crippen LogP contribution in [0.5, 0.6) is 5.75 Å². The highest BCUT2D eigenvalue weighted by atomic mass is 79.9. The number of hydrogen-bond acceptors (Lipinski definition) is 5. The Morgan fingerprint density at radius 3 is 2.60 bits per heavy atom.